The largest absolute Gasteiger partial charge is 0.505 e. The number of para-hydroxylation sites is 1. The summed E-state index contributed by atoms with van der Waals surface area (Å²) in [5.41, 5.74) is 5.87. The smallest absolute Gasteiger partial charge is 0.219 e. The summed E-state index contributed by atoms with van der Waals surface area (Å²) in [5.74, 6) is 2.39. The summed E-state index contributed by atoms with van der Waals surface area (Å²) in [6.07, 6.45) is 1.88. The molecule has 3 aromatic heterocycles. The number of phenolic OH excluding ortho intramolecular Hbond substituents is 1. The average molecular weight is 516 g/mol. The number of aromatic nitrogens is 3. The first-order valence-electron chi connectivity index (χ1n) is 13.4. The Hall–Kier alpha value is -4.38. The van der Waals surface area contributed by atoms with E-state index < -0.39 is 0 Å². The van der Waals surface area contributed by atoms with Crippen molar-refractivity contribution in [3.05, 3.63) is 95.7 Å². The van der Waals surface area contributed by atoms with Crippen molar-refractivity contribution in [3.8, 4) is 23.2 Å². The molecule has 0 aliphatic rings. The van der Waals surface area contributed by atoms with Crippen molar-refractivity contribution in [2.45, 2.75) is 52.9 Å². The molecule has 0 amide bonds. The maximum Gasteiger partial charge on any atom is 0.219 e. The van der Waals surface area contributed by atoms with Crippen LogP contribution >= 0.6 is 0 Å². The number of phenols is 1. The minimum absolute atomic E-state index is 0.00578. The molecule has 6 rings (SSSR count). The zero-order valence-electron chi connectivity index (χ0n) is 23.3. The van der Waals surface area contributed by atoms with Crippen LogP contribution < -0.4 is 4.74 Å². The summed E-state index contributed by atoms with van der Waals surface area (Å²) < 4.78 is 8.50. The average Bonchev–Trinajstić information content (AvgIpc) is 3.23. The molecule has 3 aromatic carbocycles. The quantitative estimate of drug-likeness (QED) is 0.254. The number of pyridine rings is 2. The van der Waals surface area contributed by atoms with Crippen molar-refractivity contribution >= 4 is 32.7 Å². The lowest BCUT2D eigenvalue weighted by atomic mass is 9.88. The molecule has 0 saturated carbocycles. The van der Waals surface area contributed by atoms with Crippen LogP contribution in [-0.2, 0) is 5.41 Å². The Morgan fingerprint density at radius 1 is 0.846 bits per heavy atom. The van der Waals surface area contributed by atoms with Gasteiger partial charge in [-0.05, 0) is 71.3 Å². The molecule has 0 atom stereocenters. The third-order valence-electron chi connectivity index (χ3n) is 7.49. The molecule has 0 fully saturated rings. The van der Waals surface area contributed by atoms with E-state index in [-0.39, 0.29) is 17.1 Å². The number of benzene rings is 3. The molecule has 0 unspecified atom stereocenters. The van der Waals surface area contributed by atoms with Crippen LogP contribution in [0.25, 0.3) is 38.5 Å². The van der Waals surface area contributed by atoms with Crippen molar-refractivity contribution < 1.29 is 9.84 Å². The summed E-state index contributed by atoms with van der Waals surface area (Å²) in [6.45, 7) is 12.8. The summed E-state index contributed by atoms with van der Waals surface area (Å²) in [5, 5.41) is 14.2. The lowest BCUT2D eigenvalue weighted by Crippen LogP contribution is -2.12. The van der Waals surface area contributed by atoms with E-state index in [2.05, 4.69) is 81.7 Å². The van der Waals surface area contributed by atoms with E-state index in [4.69, 9.17) is 14.7 Å². The monoisotopic (exact) mass is 515 g/mol. The van der Waals surface area contributed by atoms with Gasteiger partial charge in [0, 0.05) is 34.5 Å². The maximum absolute atomic E-state index is 11.0. The highest BCUT2D eigenvalue weighted by Crippen LogP contribution is 2.38. The van der Waals surface area contributed by atoms with Gasteiger partial charge in [-0.2, -0.15) is 0 Å². The van der Waals surface area contributed by atoms with Gasteiger partial charge >= 0.3 is 0 Å². The third-order valence-corrected chi connectivity index (χ3v) is 7.49. The number of hydrogen-bond acceptors (Lipinski definition) is 4. The first kappa shape index (κ1) is 24.9. The van der Waals surface area contributed by atoms with Crippen LogP contribution in [0.1, 0.15) is 57.2 Å². The fourth-order valence-corrected chi connectivity index (χ4v) is 5.34. The molecule has 0 spiro atoms. The van der Waals surface area contributed by atoms with Gasteiger partial charge in [-0.1, -0.05) is 58.9 Å². The lowest BCUT2D eigenvalue weighted by Gasteiger charge is -2.20. The van der Waals surface area contributed by atoms with E-state index in [0.29, 0.717) is 17.1 Å². The lowest BCUT2D eigenvalue weighted by molar-refractivity contribution is 0.457. The van der Waals surface area contributed by atoms with Crippen molar-refractivity contribution in [1.29, 1.82) is 0 Å². The number of fused-ring (bicyclic) bond motifs is 4. The van der Waals surface area contributed by atoms with Gasteiger partial charge in [-0.3, -0.25) is 4.57 Å². The second-order valence-electron chi connectivity index (χ2n) is 11.6. The van der Waals surface area contributed by atoms with Crippen LogP contribution in [0, 0.1) is 6.92 Å². The highest BCUT2D eigenvalue weighted by Gasteiger charge is 2.19. The van der Waals surface area contributed by atoms with Crippen LogP contribution in [0.5, 0.6) is 17.4 Å². The van der Waals surface area contributed by atoms with Crippen molar-refractivity contribution in [2.75, 3.05) is 0 Å². The molecule has 196 valence electrons. The number of nitrogens with zero attached hydrogens (tertiary/aromatic N) is 3. The molecule has 1 N–H and O–H groups in total. The predicted octanol–water partition coefficient (Wildman–Crippen LogP) is 8.95. The maximum atomic E-state index is 11.0. The van der Waals surface area contributed by atoms with Gasteiger partial charge in [-0.15, -0.1) is 0 Å². The Morgan fingerprint density at radius 2 is 1.59 bits per heavy atom. The molecule has 39 heavy (non-hydrogen) atoms. The van der Waals surface area contributed by atoms with Crippen molar-refractivity contribution in [3.63, 3.8) is 0 Å². The molecular weight excluding hydrogens is 482 g/mol. The van der Waals surface area contributed by atoms with E-state index in [0.717, 1.165) is 44.1 Å². The molecule has 5 heteroatoms. The Balaban J connectivity index is 1.49. The first-order valence-corrected chi connectivity index (χ1v) is 13.4. The van der Waals surface area contributed by atoms with E-state index in [9.17, 15) is 5.11 Å². The minimum Gasteiger partial charge on any atom is -0.505 e. The van der Waals surface area contributed by atoms with Crippen LogP contribution in [-0.4, -0.2) is 19.6 Å². The van der Waals surface area contributed by atoms with Crippen LogP contribution in [0.3, 0.4) is 0 Å². The van der Waals surface area contributed by atoms with Crippen molar-refractivity contribution in [1.82, 2.24) is 14.5 Å². The normalized spacial score (nSPS) is 12.2. The van der Waals surface area contributed by atoms with E-state index in [1.165, 1.54) is 5.56 Å². The SMILES string of the molecule is Cc1cc(C(C)C)c(O)c2nc(Oc3ccc4c5ccccc5n(-c5cc(C(C)(C)C)ccn5)c4c3)ccc12. The summed E-state index contributed by atoms with van der Waals surface area (Å²) in [7, 11) is 0. The van der Waals surface area contributed by atoms with Gasteiger partial charge in [0.05, 0.1) is 11.0 Å². The molecule has 3 heterocycles. The fourth-order valence-electron chi connectivity index (χ4n) is 5.34. The molecule has 0 aliphatic carbocycles. The Labute approximate surface area is 228 Å². The van der Waals surface area contributed by atoms with Crippen LogP contribution in [0.15, 0.2) is 79.0 Å². The van der Waals surface area contributed by atoms with Gasteiger partial charge in [0.2, 0.25) is 5.88 Å². The Morgan fingerprint density at radius 3 is 2.36 bits per heavy atom. The number of ether oxygens (including phenoxy) is 1. The Kier molecular flexibility index (Phi) is 5.83. The highest BCUT2D eigenvalue weighted by atomic mass is 16.5. The number of hydrogen-bond donors (Lipinski definition) is 1. The van der Waals surface area contributed by atoms with E-state index >= 15 is 0 Å². The molecule has 0 aliphatic heterocycles. The summed E-state index contributed by atoms with van der Waals surface area (Å²) in [4.78, 5) is 9.49. The predicted molar refractivity (Wildman–Crippen MR) is 160 cm³/mol. The van der Waals surface area contributed by atoms with Crippen molar-refractivity contribution in [2.24, 2.45) is 0 Å². The molecule has 0 saturated heterocycles. The molecule has 5 nitrogen and oxygen atoms in total. The zero-order chi connectivity index (χ0) is 27.5. The fraction of sp³-hybridized carbons (Fsp3) is 0.235. The minimum atomic E-state index is 0.00578. The number of rotatable bonds is 4. The summed E-state index contributed by atoms with van der Waals surface area (Å²) in [6, 6.07) is 24.6. The standard InChI is InChI=1S/C34H33N3O2/c1-20(2)27-17-21(3)24-13-14-31(36-32(24)33(27)38)39-23-11-12-26-25-9-7-8-10-28(25)37(29(26)19-23)30-18-22(15-16-35-30)34(4,5)6/h7-20,38H,1-6H3. The molecule has 0 bridgehead atoms. The van der Waals surface area contributed by atoms with Gasteiger partial charge in [-0.25, -0.2) is 9.97 Å². The van der Waals surface area contributed by atoms with E-state index in [1.807, 2.05) is 43.5 Å². The Bertz CT molecular complexity index is 1880. The second-order valence-corrected chi connectivity index (χ2v) is 11.6. The summed E-state index contributed by atoms with van der Waals surface area (Å²) >= 11 is 0. The second kappa shape index (κ2) is 9.12. The van der Waals surface area contributed by atoms with Gasteiger partial charge < -0.3 is 9.84 Å². The zero-order valence-corrected chi connectivity index (χ0v) is 23.3. The van der Waals surface area contributed by atoms with E-state index in [1.54, 1.807) is 0 Å². The topological polar surface area (TPSA) is 60.2 Å². The van der Waals surface area contributed by atoms with Gasteiger partial charge in [0.1, 0.15) is 22.8 Å². The highest BCUT2D eigenvalue weighted by molar-refractivity contribution is 6.09. The van der Waals surface area contributed by atoms with Gasteiger partial charge in [0.15, 0.2) is 0 Å². The molecule has 0 radical (unpaired) electrons. The first-order chi connectivity index (χ1) is 18.6. The van der Waals surface area contributed by atoms with Gasteiger partial charge in [0.25, 0.3) is 0 Å². The number of aryl methyl sites for hydroxylation is 1. The van der Waals surface area contributed by atoms with Crippen LogP contribution in [0.2, 0.25) is 0 Å². The third kappa shape index (κ3) is 4.28. The van der Waals surface area contributed by atoms with Crippen LogP contribution in [0.4, 0.5) is 0 Å². The molecule has 6 aromatic rings. The number of aromatic hydroxyl groups is 1. The molecular formula is C34H33N3O2.